The van der Waals surface area contributed by atoms with Crippen LogP contribution in [0.4, 0.5) is 13.2 Å². The molecule has 0 aliphatic heterocycles. The SMILES string of the molecule is CN=C(NCCC(F)(F)F)NCc1ccc(-n2ccnc2C)nc1. The second kappa shape index (κ2) is 7.80. The third-order valence-electron chi connectivity index (χ3n) is 3.27. The van der Waals surface area contributed by atoms with Gasteiger partial charge in [-0.3, -0.25) is 9.56 Å². The van der Waals surface area contributed by atoms with Crippen LogP contribution in [0.2, 0.25) is 0 Å². The van der Waals surface area contributed by atoms with Crippen molar-refractivity contribution >= 4 is 5.96 Å². The van der Waals surface area contributed by atoms with Gasteiger partial charge in [0, 0.05) is 38.7 Å². The maximum absolute atomic E-state index is 12.1. The molecule has 0 amide bonds. The number of aryl methyl sites for hydroxylation is 1. The standard InChI is InChI=1S/C15H19F3N6/c1-11-20-7-8-24(11)13-4-3-12(9-22-13)10-23-14(19-2)21-6-5-15(16,17)18/h3-4,7-9H,5-6,10H2,1-2H3,(H2,19,21,23). The number of aliphatic imine (C=N–C) groups is 1. The van der Waals surface area contributed by atoms with Crippen molar-refractivity contribution in [3.05, 3.63) is 42.1 Å². The number of guanidine groups is 1. The van der Waals surface area contributed by atoms with Gasteiger partial charge in [-0.05, 0) is 18.6 Å². The monoisotopic (exact) mass is 340 g/mol. The molecule has 0 radical (unpaired) electrons. The van der Waals surface area contributed by atoms with E-state index in [1.54, 1.807) is 12.4 Å². The van der Waals surface area contributed by atoms with Crippen molar-refractivity contribution in [3.63, 3.8) is 0 Å². The van der Waals surface area contributed by atoms with Gasteiger partial charge in [0.05, 0.1) is 6.42 Å². The molecule has 0 spiro atoms. The summed E-state index contributed by atoms with van der Waals surface area (Å²) in [5, 5.41) is 5.57. The van der Waals surface area contributed by atoms with E-state index in [4.69, 9.17) is 0 Å². The summed E-state index contributed by atoms with van der Waals surface area (Å²) in [6.07, 6.45) is 0.126. The maximum Gasteiger partial charge on any atom is 0.390 e. The number of aromatic nitrogens is 3. The Hall–Kier alpha value is -2.58. The van der Waals surface area contributed by atoms with E-state index < -0.39 is 12.6 Å². The number of rotatable bonds is 5. The molecule has 2 aromatic heterocycles. The van der Waals surface area contributed by atoms with Crippen LogP contribution in [0.5, 0.6) is 0 Å². The minimum Gasteiger partial charge on any atom is -0.356 e. The van der Waals surface area contributed by atoms with Crippen molar-refractivity contribution < 1.29 is 13.2 Å². The highest BCUT2D eigenvalue weighted by molar-refractivity contribution is 5.79. The third kappa shape index (κ3) is 5.25. The largest absolute Gasteiger partial charge is 0.390 e. The molecule has 6 nitrogen and oxygen atoms in total. The van der Waals surface area contributed by atoms with E-state index in [2.05, 4.69) is 25.6 Å². The average Bonchev–Trinajstić information content (AvgIpc) is 2.96. The van der Waals surface area contributed by atoms with Crippen molar-refractivity contribution in [2.45, 2.75) is 26.1 Å². The summed E-state index contributed by atoms with van der Waals surface area (Å²) in [5.74, 6) is 1.90. The molecule has 0 aliphatic rings. The fraction of sp³-hybridized carbons (Fsp3) is 0.400. The maximum atomic E-state index is 12.1. The van der Waals surface area contributed by atoms with Gasteiger partial charge in [0.2, 0.25) is 0 Å². The van der Waals surface area contributed by atoms with Crippen molar-refractivity contribution in [2.75, 3.05) is 13.6 Å². The Bertz CT molecular complexity index is 675. The molecule has 2 heterocycles. The van der Waals surface area contributed by atoms with Crippen LogP contribution in [0.15, 0.2) is 35.7 Å². The van der Waals surface area contributed by atoms with E-state index in [9.17, 15) is 13.2 Å². The molecule has 2 N–H and O–H groups in total. The molecule has 0 atom stereocenters. The summed E-state index contributed by atoms with van der Waals surface area (Å²) < 4.78 is 38.2. The Morgan fingerprint density at radius 2 is 2.04 bits per heavy atom. The summed E-state index contributed by atoms with van der Waals surface area (Å²) in [5.41, 5.74) is 0.885. The van der Waals surface area contributed by atoms with Crippen molar-refractivity contribution in [1.82, 2.24) is 25.2 Å². The van der Waals surface area contributed by atoms with E-state index in [1.165, 1.54) is 7.05 Å². The first-order chi connectivity index (χ1) is 11.4. The highest BCUT2D eigenvalue weighted by Gasteiger charge is 2.26. The lowest BCUT2D eigenvalue weighted by Gasteiger charge is -2.13. The van der Waals surface area contributed by atoms with Crippen LogP contribution in [0.25, 0.3) is 5.82 Å². The lowest BCUT2D eigenvalue weighted by atomic mass is 10.3. The number of alkyl halides is 3. The Morgan fingerprint density at radius 3 is 2.58 bits per heavy atom. The third-order valence-corrected chi connectivity index (χ3v) is 3.27. The van der Waals surface area contributed by atoms with Gasteiger partial charge in [-0.15, -0.1) is 0 Å². The molecular formula is C15H19F3N6. The number of halogens is 3. The fourth-order valence-electron chi connectivity index (χ4n) is 2.01. The molecule has 0 aromatic carbocycles. The van der Waals surface area contributed by atoms with Crippen LogP contribution in [0.1, 0.15) is 17.8 Å². The van der Waals surface area contributed by atoms with Gasteiger partial charge >= 0.3 is 6.18 Å². The van der Waals surface area contributed by atoms with E-state index in [0.717, 1.165) is 17.2 Å². The van der Waals surface area contributed by atoms with Gasteiger partial charge in [-0.1, -0.05) is 6.07 Å². The lowest BCUT2D eigenvalue weighted by Crippen LogP contribution is -2.38. The molecule has 0 aliphatic carbocycles. The number of hydrogen-bond acceptors (Lipinski definition) is 3. The van der Waals surface area contributed by atoms with Gasteiger partial charge in [-0.2, -0.15) is 13.2 Å². The zero-order valence-electron chi connectivity index (χ0n) is 13.4. The van der Waals surface area contributed by atoms with Gasteiger partial charge in [0.1, 0.15) is 11.6 Å². The first-order valence-corrected chi connectivity index (χ1v) is 7.35. The van der Waals surface area contributed by atoms with Gasteiger partial charge in [0.15, 0.2) is 5.96 Å². The number of pyridine rings is 1. The molecule has 2 rings (SSSR count). The van der Waals surface area contributed by atoms with Gasteiger partial charge in [-0.25, -0.2) is 9.97 Å². The predicted molar refractivity (Wildman–Crippen MR) is 85.0 cm³/mol. The van der Waals surface area contributed by atoms with Crippen molar-refractivity contribution in [1.29, 1.82) is 0 Å². The quantitative estimate of drug-likeness (QED) is 0.647. The highest BCUT2D eigenvalue weighted by atomic mass is 19.4. The van der Waals surface area contributed by atoms with Crippen LogP contribution in [-0.2, 0) is 6.54 Å². The van der Waals surface area contributed by atoms with Crippen LogP contribution in [0, 0.1) is 6.92 Å². The normalized spacial score (nSPS) is 12.3. The number of nitrogens with zero attached hydrogens (tertiary/aromatic N) is 4. The molecule has 0 saturated heterocycles. The van der Waals surface area contributed by atoms with E-state index in [0.29, 0.717) is 12.5 Å². The van der Waals surface area contributed by atoms with Gasteiger partial charge < -0.3 is 10.6 Å². The Balaban J connectivity index is 1.86. The zero-order valence-corrected chi connectivity index (χ0v) is 13.4. The van der Waals surface area contributed by atoms with Crippen LogP contribution < -0.4 is 10.6 Å². The second-order valence-corrected chi connectivity index (χ2v) is 5.09. The number of hydrogen-bond donors (Lipinski definition) is 2. The van der Waals surface area contributed by atoms with Crippen molar-refractivity contribution in [3.8, 4) is 5.82 Å². The summed E-state index contributed by atoms with van der Waals surface area (Å²) >= 11 is 0. The zero-order chi connectivity index (χ0) is 17.6. The van der Waals surface area contributed by atoms with Crippen LogP contribution >= 0.6 is 0 Å². The first kappa shape index (κ1) is 17.8. The molecular weight excluding hydrogens is 321 g/mol. The summed E-state index contributed by atoms with van der Waals surface area (Å²) in [7, 11) is 1.51. The van der Waals surface area contributed by atoms with E-state index >= 15 is 0 Å². The molecule has 0 unspecified atom stereocenters. The summed E-state index contributed by atoms with van der Waals surface area (Å²) in [6, 6.07) is 3.74. The van der Waals surface area contributed by atoms with E-state index in [-0.39, 0.29) is 6.54 Å². The van der Waals surface area contributed by atoms with Crippen LogP contribution in [0.3, 0.4) is 0 Å². The lowest BCUT2D eigenvalue weighted by molar-refractivity contribution is -0.132. The van der Waals surface area contributed by atoms with Crippen LogP contribution in [-0.4, -0.2) is 40.3 Å². The van der Waals surface area contributed by atoms with E-state index in [1.807, 2.05) is 29.8 Å². The van der Waals surface area contributed by atoms with Gasteiger partial charge in [0.25, 0.3) is 0 Å². The summed E-state index contributed by atoms with van der Waals surface area (Å²) in [6.45, 7) is 2.07. The smallest absolute Gasteiger partial charge is 0.356 e. The molecule has 2 aromatic rings. The number of nitrogens with one attached hydrogen (secondary N) is 2. The predicted octanol–water partition coefficient (Wildman–Crippen LogP) is 2.19. The Labute approximate surface area is 137 Å². The minimum absolute atomic E-state index is 0.222. The number of imidazole rings is 1. The molecule has 0 bridgehead atoms. The molecule has 0 saturated carbocycles. The first-order valence-electron chi connectivity index (χ1n) is 7.35. The molecule has 24 heavy (non-hydrogen) atoms. The molecule has 0 fully saturated rings. The minimum atomic E-state index is -4.18. The highest BCUT2D eigenvalue weighted by Crippen LogP contribution is 2.18. The topological polar surface area (TPSA) is 67.1 Å². The summed E-state index contributed by atoms with van der Waals surface area (Å²) in [4.78, 5) is 12.4. The molecule has 9 heteroatoms. The van der Waals surface area contributed by atoms with Crippen molar-refractivity contribution in [2.24, 2.45) is 4.99 Å². The Kier molecular flexibility index (Phi) is 5.78. The fourth-order valence-corrected chi connectivity index (χ4v) is 2.01. The Morgan fingerprint density at radius 1 is 1.25 bits per heavy atom. The second-order valence-electron chi connectivity index (χ2n) is 5.09. The molecule has 130 valence electrons. The average molecular weight is 340 g/mol.